The van der Waals surface area contributed by atoms with Gasteiger partial charge in [-0.3, -0.25) is 10.8 Å². The number of nitrogens with one attached hydrogen (secondary N) is 2. The summed E-state index contributed by atoms with van der Waals surface area (Å²) in [6.07, 6.45) is 1.12. The minimum Gasteiger partial charge on any atom is -0.430 e. The van der Waals surface area contributed by atoms with Crippen LogP contribution in [0.4, 0.5) is 0 Å². The molecule has 0 aromatic carbocycles. The van der Waals surface area contributed by atoms with Crippen molar-refractivity contribution in [2.24, 2.45) is 0 Å². The Labute approximate surface area is 55.0 Å². The van der Waals surface area contributed by atoms with Crippen molar-refractivity contribution in [1.29, 1.82) is 10.8 Å². The van der Waals surface area contributed by atoms with E-state index in [4.69, 9.17) is 15.6 Å². The van der Waals surface area contributed by atoms with E-state index < -0.39 is 0 Å². The van der Waals surface area contributed by atoms with Crippen molar-refractivity contribution in [1.82, 2.24) is 0 Å². The molecule has 0 aliphatic heterocycles. The van der Waals surface area contributed by atoms with Crippen molar-refractivity contribution in [3.8, 4) is 0 Å². The van der Waals surface area contributed by atoms with Crippen LogP contribution in [0, 0.1) is 10.8 Å². The lowest BCUT2D eigenvalue weighted by Gasteiger charge is -2.01. The normalized spacial score (nSPS) is 8.67. The predicted molar refractivity (Wildman–Crippen MR) is 37.1 cm³/mol. The van der Waals surface area contributed by atoms with Crippen molar-refractivity contribution in [3.63, 3.8) is 0 Å². The molecule has 52 valence electrons. The molecule has 0 saturated heterocycles. The van der Waals surface area contributed by atoms with Crippen LogP contribution in [0.2, 0.25) is 0 Å². The minimum absolute atomic E-state index is 0.168. The number of hydrogen-bond donors (Lipinski definition) is 2. The van der Waals surface area contributed by atoms with E-state index in [9.17, 15) is 0 Å². The summed E-state index contributed by atoms with van der Waals surface area (Å²) in [5.41, 5.74) is 0. The highest BCUT2D eigenvalue weighted by atomic mass is 16.5. The molecule has 3 nitrogen and oxygen atoms in total. The number of hydrogen-bond acceptors (Lipinski definition) is 3. The van der Waals surface area contributed by atoms with Gasteiger partial charge in [0.05, 0.1) is 0 Å². The molecule has 0 heterocycles. The van der Waals surface area contributed by atoms with Gasteiger partial charge in [-0.05, 0) is 0 Å². The number of rotatable bonds is 2. The highest BCUT2D eigenvalue weighted by molar-refractivity contribution is 5.87. The van der Waals surface area contributed by atoms with Gasteiger partial charge in [0.15, 0.2) is 11.8 Å². The Balaban J connectivity index is 3.47. The van der Waals surface area contributed by atoms with Crippen molar-refractivity contribution < 1.29 is 4.74 Å². The van der Waals surface area contributed by atoms with Crippen LogP contribution >= 0.6 is 0 Å². The summed E-state index contributed by atoms with van der Waals surface area (Å²) < 4.78 is 4.72. The molecule has 0 bridgehead atoms. The van der Waals surface area contributed by atoms with Gasteiger partial charge in [-0.15, -0.1) is 0 Å². The Hall–Kier alpha value is -0.860. The first-order valence-corrected chi connectivity index (χ1v) is 3.03. The zero-order chi connectivity index (χ0) is 7.28. The van der Waals surface area contributed by atoms with E-state index in [2.05, 4.69) is 0 Å². The maximum absolute atomic E-state index is 7.01. The fourth-order valence-corrected chi connectivity index (χ4v) is 0.293. The number of ether oxygens (including phenoxy) is 1. The lowest BCUT2D eigenvalue weighted by atomic mass is 10.4. The Morgan fingerprint density at radius 3 is 1.67 bits per heavy atom. The molecular formula is C6H12N2O. The van der Waals surface area contributed by atoms with Crippen LogP contribution < -0.4 is 0 Å². The Morgan fingerprint density at radius 1 is 1.11 bits per heavy atom. The van der Waals surface area contributed by atoms with Crippen LogP contribution in [0.25, 0.3) is 0 Å². The van der Waals surface area contributed by atoms with E-state index >= 15 is 0 Å². The first kappa shape index (κ1) is 8.14. The molecule has 0 aromatic rings. The fourth-order valence-electron chi connectivity index (χ4n) is 0.293. The van der Waals surface area contributed by atoms with Gasteiger partial charge in [0.25, 0.3) is 0 Å². The molecule has 0 aliphatic carbocycles. The second kappa shape index (κ2) is 4.06. The molecule has 0 aliphatic rings. The topological polar surface area (TPSA) is 56.9 Å². The van der Waals surface area contributed by atoms with Gasteiger partial charge in [-0.1, -0.05) is 13.8 Å². The molecular weight excluding hydrogens is 116 g/mol. The van der Waals surface area contributed by atoms with Gasteiger partial charge in [0, 0.05) is 12.8 Å². The Kier molecular flexibility index (Phi) is 3.67. The second-order valence-electron chi connectivity index (χ2n) is 1.66. The highest BCUT2D eigenvalue weighted by Crippen LogP contribution is 1.89. The van der Waals surface area contributed by atoms with Crippen LogP contribution in [-0.4, -0.2) is 11.8 Å². The third kappa shape index (κ3) is 3.70. The first-order chi connectivity index (χ1) is 4.20. The van der Waals surface area contributed by atoms with E-state index in [1.807, 2.05) is 13.8 Å². The van der Waals surface area contributed by atoms with Crippen LogP contribution in [0.5, 0.6) is 0 Å². The van der Waals surface area contributed by atoms with Crippen molar-refractivity contribution in [3.05, 3.63) is 0 Å². The zero-order valence-corrected chi connectivity index (χ0v) is 5.82. The van der Waals surface area contributed by atoms with Crippen LogP contribution in [0.3, 0.4) is 0 Å². The maximum Gasteiger partial charge on any atom is 0.188 e. The van der Waals surface area contributed by atoms with Gasteiger partial charge < -0.3 is 4.74 Å². The fraction of sp³-hybridized carbons (Fsp3) is 0.667. The van der Waals surface area contributed by atoms with Crippen molar-refractivity contribution in [2.45, 2.75) is 26.7 Å². The molecule has 3 heteroatoms. The average molecular weight is 128 g/mol. The molecule has 0 radical (unpaired) electrons. The Morgan fingerprint density at radius 2 is 1.44 bits per heavy atom. The maximum atomic E-state index is 7.01. The van der Waals surface area contributed by atoms with Gasteiger partial charge in [-0.2, -0.15) is 0 Å². The van der Waals surface area contributed by atoms with E-state index in [-0.39, 0.29) is 11.8 Å². The minimum atomic E-state index is 0.168. The summed E-state index contributed by atoms with van der Waals surface area (Å²) in [5.74, 6) is 0.337. The van der Waals surface area contributed by atoms with E-state index in [0.29, 0.717) is 12.8 Å². The monoisotopic (exact) mass is 128 g/mol. The molecule has 9 heavy (non-hydrogen) atoms. The van der Waals surface area contributed by atoms with Crippen LogP contribution in [-0.2, 0) is 4.74 Å². The van der Waals surface area contributed by atoms with Crippen LogP contribution in [0.15, 0.2) is 0 Å². The van der Waals surface area contributed by atoms with Crippen molar-refractivity contribution in [2.75, 3.05) is 0 Å². The molecule has 0 rings (SSSR count). The third-order valence-electron chi connectivity index (χ3n) is 0.889. The molecule has 0 spiro atoms. The molecule has 0 fully saturated rings. The summed E-state index contributed by atoms with van der Waals surface area (Å²) in [4.78, 5) is 0. The molecule has 0 unspecified atom stereocenters. The summed E-state index contributed by atoms with van der Waals surface area (Å²) in [7, 11) is 0. The highest BCUT2D eigenvalue weighted by Gasteiger charge is 1.96. The lowest BCUT2D eigenvalue weighted by Crippen LogP contribution is -2.07. The SMILES string of the molecule is CCC(=N)OC(=N)CC. The summed E-state index contributed by atoms with van der Waals surface area (Å²) in [6, 6.07) is 0. The Bertz CT molecular complexity index is 106. The molecule has 2 N–H and O–H groups in total. The standard InChI is InChI=1S/C6H12N2O/c1-3-5(7)9-6(8)4-2/h7-8H,3-4H2,1-2H3. The van der Waals surface area contributed by atoms with Gasteiger partial charge in [0.2, 0.25) is 0 Å². The van der Waals surface area contributed by atoms with E-state index in [1.165, 1.54) is 0 Å². The quantitative estimate of drug-likeness (QED) is 0.432. The molecule has 0 saturated carbocycles. The lowest BCUT2D eigenvalue weighted by molar-refractivity contribution is 0.504. The predicted octanol–water partition coefficient (Wildman–Crippen LogP) is 1.78. The van der Waals surface area contributed by atoms with E-state index in [0.717, 1.165) is 0 Å². The van der Waals surface area contributed by atoms with Crippen molar-refractivity contribution >= 4 is 11.8 Å². The zero-order valence-electron chi connectivity index (χ0n) is 5.82. The largest absolute Gasteiger partial charge is 0.430 e. The molecule has 0 atom stereocenters. The second-order valence-corrected chi connectivity index (χ2v) is 1.66. The third-order valence-corrected chi connectivity index (χ3v) is 0.889. The summed E-state index contributed by atoms with van der Waals surface area (Å²) in [5, 5.41) is 14.0. The van der Waals surface area contributed by atoms with Gasteiger partial charge in [0.1, 0.15) is 0 Å². The average Bonchev–Trinajstić information content (AvgIpc) is 1.87. The first-order valence-electron chi connectivity index (χ1n) is 3.03. The van der Waals surface area contributed by atoms with E-state index in [1.54, 1.807) is 0 Å². The summed E-state index contributed by atoms with van der Waals surface area (Å²) >= 11 is 0. The van der Waals surface area contributed by atoms with Gasteiger partial charge >= 0.3 is 0 Å². The van der Waals surface area contributed by atoms with Gasteiger partial charge in [-0.25, -0.2) is 0 Å². The smallest absolute Gasteiger partial charge is 0.188 e. The molecule has 0 aromatic heterocycles. The summed E-state index contributed by atoms with van der Waals surface area (Å²) in [6.45, 7) is 3.65. The van der Waals surface area contributed by atoms with Crippen LogP contribution in [0.1, 0.15) is 26.7 Å². The molecule has 0 amide bonds.